The summed E-state index contributed by atoms with van der Waals surface area (Å²) in [6.45, 7) is 0.624. The number of halogens is 1. The molecule has 2 rings (SSSR count). The molecule has 0 bridgehead atoms. The molecule has 1 aliphatic carbocycles. The molecule has 0 radical (unpaired) electrons. The maximum Gasteiger partial charge on any atom is 0.0842 e. The fraction of sp³-hybridized carbons (Fsp3) is 0.625. The molecule has 0 aromatic carbocycles. The first-order chi connectivity index (χ1) is 5.68. The number of hydrogen-bond donors (Lipinski definition) is 1. The van der Waals surface area contributed by atoms with Crippen molar-refractivity contribution in [3.8, 4) is 0 Å². The van der Waals surface area contributed by atoms with Crippen LogP contribution in [0.5, 0.6) is 0 Å². The molecule has 1 fully saturated rings. The van der Waals surface area contributed by atoms with E-state index >= 15 is 0 Å². The number of rotatable bonds is 2. The minimum Gasteiger partial charge on any atom is -0.388 e. The highest BCUT2D eigenvalue weighted by atomic mass is 79.9. The summed E-state index contributed by atoms with van der Waals surface area (Å²) >= 11 is 3.31. The van der Waals surface area contributed by atoms with Gasteiger partial charge in [-0.25, -0.2) is 0 Å². The molecule has 0 unspecified atom stereocenters. The third kappa shape index (κ3) is 1.54. The van der Waals surface area contributed by atoms with E-state index in [4.69, 9.17) is 0 Å². The largest absolute Gasteiger partial charge is 0.388 e. The van der Waals surface area contributed by atoms with Crippen LogP contribution < -0.4 is 0 Å². The highest BCUT2D eigenvalue weighted by Crippen LogP contribution is 2.32. The van der Waals surface area contributed by atoms with E-state index in [-0.39, 0.29) is 0 Å². The van der Waals surface area contributed by atoms with Crippen molar-refractivity contribution in [1.29, 1.82) is 0 Å². The summed E-state index contributed by atoms with van der Waals surface area (Å²) in [6.07, 6.45) is 6.58. The molecule has 12 heavy (non-hydrogen) atoms. The average Bonchev–Trinajstić information content (AvgIpc) is 2.32. The van der Waals surface area contributed by atoms with Gasteiger partial charge >= 0.3 is 0 Å². The van der Waals surface area contributed by atoms with Crippen LogP contribution in [-0.4, -0.2) is 20.5 Å². The van der Waals surface area contributed by atoms with E-state index in [1.807, 2.05) is 6.20 Å². The second-order valence-electron chi connectivity index (χ2n) is 3.43. The van der Waals surface area contributed by atoms with Crippen LogP contribution in [0.4, 0.5) is 0 Å². The summed E-state index contributed by atoms with van der Waals surface area (Å²) in [4.78, 5) is 0. The van der Waals surface area contributed by atoms with Gasteiger partial charge < -0.3 is 5.11 Å². The van der Waals surface area contributed by atoms with E-state index in [9.17, 15) is 5.11 Å². The molecule has 1 heterocycles. The number of hydrogen-bond acceptors (Lipinski definition) is 2. The summed E-state index contributed by atoms with van der Waals surface area (Å²) in [6, 6.07) is 0. The van der Waals surface area contributed by atoms with Crippen molar-refractivity contribution in [3.63, 3.8) is 0 Å². The number of aromatic nitrogens is 2. The summed E-state index contributed by atoms with van der Waals surface area (Å²) in [7, 11) is 0. The first-order valence-corrected chi connectivity index (χ1v) is 4.88. The zero-order valence-corrected chi connectivity index (χ0v) is 8.29. The van der Waals surface area contributed by atoms with E-state index in [0.29, 0.717) is 6.54 Å². The average molecular weight is 231 g/mol. The Morgan fingerprint density at radius 2 is 2.42 bits per heavy atom. The Balaban J connectivity index is 2.03. The molecule has 1 N–H and O–H groups in total. The molecule has 1 saturated carbocycles. The van der Waals surface area contributed by atoms with Gasteiger partial charge in [0, 0.05) is 6.20 Å². The van der Waals surface area contributed by atoms with Crippen LogP contribution >= 0.6 is 15.9 Å². The van der Waals surface area contributed by atoms with Crippen molar-refractivity contribution in [2.75, 3.05) is 0 Å². The van der Waals surface area contributed by atoms with Gasteiger partial charge in [-0.15, -0.1) is 0 Å². The smallest absolute Gasteiger partial charge is 0.0842 e. The topological polar surface area (TPSA) is 38.0 Å². The SMILES string of the molecule is OC1(Cn2cc(Br)cn2)CCC1. The van der Waals surface area contributed by atoms with Crippen molar-refractivity contribution in [3.05, 3.63) is 16.9 Å². The quantitative estimate of drug-likeness (QED) is 0.838. The summed E-state index contributed by atoms with van der Waals surface area (Å²) in [5, 5.41) is 13.9. The summed E-state index contributed by atoms with van der Waals surface area (Å²) in [5.74, 6) is 0. The van der Waals surface area contributed by atoms with Crippen molar-refractivity contribution < 1.29 is 5.11 Å². The van der Waals surface area contributed by atoms with Gasteiger partial charge in [0.2, 0.25) is 0 Å². The van der Waals surface area contributed by atoms with E-state index in [1.165, 1.54) is 0 Å². The highest BCUT2D eigenvalue weighted by molar-refractivity contribution is 9.10. The van der Waals surface area contributed by atoms with Gasteiger partial charge in [-0.05, 0) is 35.2 Å². The molecular formula is C8H11BrN2O. The van der Waals surface area contributed by atoms with E-state index in [0.717, 1.165) is 23.7 Å². The second kappa shape index (κ2) is 2.85. The molecule has 0 amide bonds. The third-order valence-corrected chi connectivity index (χ3v) is 2.75. The van der Waals surface area contributed by atoms with Gasteiger partial charge in [-0.1, -0.05) is 0 Å². The van der Waals surface area contributed by atoms with Crippen molar-refractivity contribution in [2.45, 2.75) is 31.4 Å². The molecule has 0 spiro atoms. The maximum absolute atomic E-state index is 9.80. The molecule has 66 valence electrons. The standard InChI is InChI=1S/C8H11BrN2O/c9-7-4-10-11(5-7)6-8(12)2-1-3-8/h4-5,12H,1-3,6H2. The lowest BCUT2D eigenvalue weighted by Crippen LogP contribution is -2.41. The molecule has 1 aliphatic rings. The fourth-order valence-corrected chi connectivity index (χ4v) is 1.80. The Labute approximate surface area is 79.5 Å². The van der Waals surface area contributed by atoms with E-state index in [2.05, 4.69) is 21.0 Å². The second-order valence-corrected chi connectivity index (χ2v) is 4.35. The van der Waals surface area contributed by atoms with Crippen LogP contribution in [0, 0.1) is 0 Å². The van der Waals surface area contributed by atoms with Crippen molar-refractivity contribution >= 4 is 15.9 Å². The van der Waals surface area contributed by atoms with Crippen LogP contribution in [0.25, 0.3) is 0 Å². The van der Waals surface area contributed by atoms with Crippen LogP contribution in [0.1, 0.15) is 19.3 Å². The molecule has 4 heteroatoms. The van der Waals surface area contributed by atoms with E-state index in [1.54, 1.807) is 10.9 Å². The van der Waals surface area contributed by atoms with Crippen LogP contribution in [0.2, 0.25) is 0 Å². The Bertz CT molecular complexity index is 280. The van der Waals surface area contributed by atoms with Crippen molar-refractivity contribution in [1.82, 2.24) is 9.78 Å². The molecule has 3 nitrogen and oxygen atoms in total. The lowest BCUT2D eigenvalue weighted by atomic mass is 9.80. The normalized spacial score (nSPS) is 20.5. The van der Waals surface area contributed by atoms with Gasteiger partial charge in [0.05, 0.1) is 22.8 Å². The first kappa shape index (κ1) is 8.26. The number of aliphatic hydroxyl groups is 1. The zero-order chi connectivity index (χ0) is 8.60. The lowest BCUT2D eigenvalue weighted by molar-refractivity contribution is -0.0498. The van der Waals surface area contributed by atoms with Gasteiger partial charge in [0.25, 0.3) is 0 Å². The van der Waals surface area contributed by atoms with Crippen LogP contribution in [-0.2, 0) is 6.54 Å². The predicted octanol–water partition coefficient (Wildman–Crippen LogP) is 1.56. The van der Waals surface area contributed by atoms with Gasteiger partial charge in [0.15, 0.2) is 0 Å². The molecular weight excluding hydrogens is 220 g/mol. The van der Waals surface area contributed by atoms with Gasteiger partial charge in [-0.3, -0.25) is 4.68 Å². The first-order valence-electron chi connectivity index (χ1n) is 4.08. The van der Waals surface area contributed by atoms with Crippen LogP contribution in [0.3, 0.4) is 0 Å². The zero-order valence-electron chi connectivity index (χ0n) is 6.70. The Hall–Kier alpha value is -0.350. The van der Waals surface area contributed by atoms with Crippen molar-refractivity contribution in [2.24, 2.45) is 0 Å². The Kier molecular flexibility index (Phi) is 1.96. The molecule has 0 saturated heterocycles. The van der Waals surface area contributed by atoms with E-state index < -0.39 is 5.60 Å². The minimum atomic E-state index is -0.481. The van der Waals surface area contributed by atoms with Gasteiger partial charge in [-0.2, -0.15) is 5.10 Å². The lowest BCUT2D eigenvalue weighted by Gasteiger charge is -2.36. The summed E-state index contributed by atoms with van der Waals surface area (Å²) < 4.78 is 2.74. The molecule has 1 aromatic heterocycles. The van der Waals surface area contributed by atoms with Gasteiger partial charge in [0.1, 0.15) is 0 Å². The monoisotopic (exact) mass is 230 g/mol. The fourth-order valence-electron chi connectivity index (χ4n) is 1.47. The Morgan fingerprint density at radius 3 is 2.83 bits per heavy atom. The molecule has 0 atom stereocenters. The number of nitrogens with zero attached hydrogens (tertiary/aromatic N) is 2. The highest BCUT2D eigenvalue weighted by Gasteiger charge is 2.34. The summed E-state index contributed by atoms with van der Waals surface area (Å²) in [5.41, 5.74) is -0.481. The third-order valence-electron chi connectivity index (χ3n) is 2.34. The molecule has 0 aliphatic heterocycles. The van der Waals surface area contributed by atoms with Crippen LogP contribution in [0.15, 0.2) is 16.9 Å². The minimum absolute atomic E-state index is 0.481. The maximum atomic E-state index is 9.80. The Morgan fingerprint density at radius 1 is 1.67 bits per heavy atom. The molecule has 1 aromatic rings. The predicted molar refractivity (Wildman–Crippen MR) is 48.7 cm³/mol.